The van der Waals surface area contributed by atoms with Crippen molar-refractivity contribution in [1.29, 1.82) is 0 Å². The number of aliphatic hydroxyl groups is 1. The van der Waals surface area contributed by atoms with E-state index in [2.05, 4.69) is 0 Å². The molecule has 0 fully saturated rings. The number of halogens is 5. The minimum absolute atomic E-state index is 0.496. The first kappa shape index (κ1) is 12.9. The summed E-state index contributed by atoms with van der Waals surface area (Å²) in [6.07, 6.45) is -5.25. The van der Waals surface area contributed by atoms with Crippen LogP contribution in [-0.2, 0) is 0 Å². The topological polar surface area (TPSA) is 20.2 Å². The molecule has 1 N–H and O–H groups in total. The second-order valence-corrected chi connectivity index (χ2v) is 3.31. The minimum Gasteiger partial charge on any atom is -0.396 e. The molecule has 16 heavy (non-hydrogen) atoms. The predicted octanol–water partition coefficient (Wildman–Crippen LogP) is 2.99. The van der Waals surface area contributed by atoms with Crippen molar-refractivity contribution in [3.8, 4) is 0 Å². The van der Waals surface area contributed by atoms with Crippen LogP contribution in [-0.4, -0.2) is 17.9 Å². The van der Waals surface area contributed by atoms with Crippen LogP contribution in [0.3, 0.4) is 0 Å². The number of aliphatic hydroxyl groups excluding tert-OH is 1. The first-order chi connectivity index (χ1) is 7.34. The molecule has 0 radical (unpaired) electrons. The van der Waals surface area contributed by atoms with E-state index in [1.54, 1.807) is 0 Å². The maximum atomic E-state index is 12.7. The van der Waals surface area contributed by atoms with Crippen molar-refractivity contribution in [1.82, 2.24) is 0 Å². The van der Waals surface area contributed by atoms with E-state index in [4.69, 9.17) is 5.11 Å². The normalized spacial score (nSPS) is 13.9. The molecule has 90 valence electrons. The Kier molecular flexibility index (Phi) is 3.85. The summed E-state index contributed by atoms with van der Waals surface area (Å²) in [5, 5.41) is 8.51. The van der Waals surface area contributed by atoms with Gasteiger partial charge in [-0.25, -0.2) is 8.78 Å². The van der Waals surface area contributed by atoms with Crippen molar-refractivity contribution in [2.24, 2.45) is 0 Å². The molecule has 0 heterocycles. The van der Waals surface area contributed by atoms with Crippen molar-refractivity contribution in [3.05, 3.63) is 35.4 Å². The minimum atomic E-state index is -4.64. The van der Waals surface area contributed by atoms with E-state index >= 15 is 0 Å². The number of alkyl halides is 3. The summed E-state index contributed by atoms with van der Waals surface area (Å²) < 4.78 is 63.0. The Bertz CT molecular complexity index is 340. The zero-order valence-electron chi connectivity index (χ0n) is 8.06. The van der Waals surface area contributed by atoms with Crippen LogP contribution < -0.4 is 0 Å². The van der Waals surface area contributed by atoms with E-state index in [0.29, 0.717) is 18.2 Å². The summed E-state index contributed by atoms with van der Waals surface area (Å²) in [5.41, 5.74) is -0.515. The van der Waals surface area contributed by atoms with E-state index in [0.717, 1.165) is 0 Å². The van der Waals surface area contributed by atoms with Gasteiger partial charge in [0, 0.05) is 12.7 Å². The molecule has 0 amide bonds. The second-order valence-electron chi connectivity index (χ2n) is 3.31. The standard InChI is InChI=1S/C10H9F5O/c11-7-3-6(4-8(12)5-7)9(1-2-16)10(13,14)15/h3-5,9,16H,1-2H2/t9-/m0/s1. The highest BCUT2D eigenvalue weighted by atomic mass is 19.4. The summed E-state index contributed by atoms with van der Waals surface area (Å²) >= 11 is 0. The van der Waals surface area contributed by atoms with Crippen LogP contribution in [0.25, 0.3) is 0 Å². The fourth-order valence-corrected chi connectivity index (χ4v) is 1.42. The maximum Gasteiger partial charge on any atom is 0.395 e. The predicted molar refractivity (Wildman–Crippen MR) is 46.9 cm³/mol. The van der Waals surface area contributed by atoms with Gasteiger partial charge >= 0.3 is 6.18 Å². The van der Waals surface area contributed by atoms with Crippen LogP contribution in [0, 0.1) is 11.6 Å². The SMILES string of the molecule is OCC[C@@H](c1cc(F)cc(F)c1)C(F)(F)F. The maximum absolute atomic E-state index is 12.7. The number of hydrogen-bond donors (Lipinski definition) is 1. The molecule has 0 aliphatic heterocycles. The van der Waals surface area contributed by atoms with Gasteiger partial charge in [-0.1, -0.05) is 0 Å². The number of benzene rings is 1. The largest absolute Gasteiger partial charge is 0.396 e. The zero-order chi connectivity index (χ0) is 12.3. The van der Waals surface area contributed by atoms with E-state index in [9.17, 15) is 22.0 Å². The Labute approximate surface area is 88.5 Å². The van der Waals surface area contributed by atoms with Crippen molar-refractivity contribution in [3.63, 3.8) is 0 Å². The van der Waals surface area contributed by atoms with Gasteiger partial charge in [0.1, 0.15) is 11.6 Å². The fourth-order valence-electron chi connectivity index (χ4n) is 1.42. The molecule has 0 spiro atoms. The molecule has 1 atom stereocenters. The quantitative estimate of drug-likeness (QED) is 0.805. The van der Waals surface area contributed by atoms with Crippen LogP contribution in [0.2, 0.25) is 0 Å². The number of rotatable bonds is 3. The highest BCUT2D eigenvalue weighted by Crippen LogP contribution is 2.37. The van der Waals surface area contributed by atoms with E-state index in [-0.39, 0.29) is 0 Å². The van der Waals surface area contributed by atoms with Gasteiger partial charge in [-0.05, 0) is 24.1 Å². The summed E-state index contributed by atoms with van der Waals surface area (Å²) in [7, 11) is 0. The Morgan fingerprint density at radius 1 is 1.06 bits per heavy atom. The molecule has 0 aliphatic rings. The third kappa shape index (κ3) is 3.16. The first-order valence-corrected chi connectivity index (χ1v) is 4.48. The Hall–Kier alpha value is -1.17. The molecule has 0 unspecified atom stereocenters. The van der Waals surface area contributed by atoms with Crippen LogP contribution in [0.15, 0.2) is 18.2 Å². The molecule has 0 saturated carbocycles. The molecule has 1 nitrogen and oxygen atoms in total. The van der Waals surface area contributed by atoms with Gasteiger partial charge in [0.2, 0.25) is 0 Å². The van der Waals surface area contributed by atoms with E-state index in [1.807, 2.05) is 0 Å². The number of hydrogen-bond acceptors (Lipinski definition) is 1. The lowest BCUT2D eigenvalue weighted by molar-refractivity contribution is -0.153. The third-order valence-electron chi connectivity index (χ3n) is 2.10. The zero-order valence-corrected chi connectivity index (χ0v) is 8.06. The molecular weight excluding hydrogens is 231 g/mol. The average molecular weight is 240 g/mol. The first-order valence-electron chi connectivity index (χ1n) is 4.48. The van der Waals surface area contributed by atoms with Gasteiger partial charge < -0.3 is 5.11 Å². The van der Waals surface area contributed by atoms with E-state index < -0.39 is 42.3 Å². The van der Waals surface area contributed by atoms with Crippen LogP contribution in [0.1, 0.15) is 17.9 Å². The molecular formula is C10H9F5O. The van der Waals surface area contributed by atoms with Gasteiger partial charge in [0.15, 0.2) is 0 Å². The Morgan fingerprint density at radius 2 is 1.56 bits per heavy atom. The molecule has 0 aliphatic carbocycles. The monoisotopic (exact) mass is 240 g/mol. The van der Waals surface area contributed by atoms with Gasteiger partial charge in [-0.15, -0.1) is 0 Å². The summed E-state index contributed by atoms with van der Waals surface area (Å²) in [5.74, 6) is -4.19. The van der Waals surface area contributed by atoms with E-state index in [1.165, 1.54) is 0 Å². The molecule has 1 rings (SSSR count). The van der Waals surface area contributed by atoms with Crippen molar-refractivity contribution in [2.45, 2.75) is 18.5 Å². The van der Waals surface area contributed by atoms with Gasteiger partial charge in [0.25, 0.3) is 0 Å². The molecule has 1 aromatic carbocycles. The lowest BCUT2D eigenvalue weighted by Gasteiger charge is -2.19. The van der Waals surface area contributed by atoms with Crippen LogP contribution in [0.4, 0.5) is 22.0 Å². The Balaban J connectivity index is 3.10. The smallest absolute Gasteiger partial charge is 0.395 e. The highest BCUT2D eigenvalue weighted by Gasteiger charge is 2.40. The lowest BCUT2D eigenvalue weighted by atomic mass is 9.95. The van der Waals surface area contributed by atoms with Gasteiger partial charge in [-0.3, -0.25) is 0 Å². The summed E-state index contributed by atoms with van der Waals surface area (Å²) in [4.78, 5) is 0. The molecule has 0 bridgehead atoms. The average Bonchev–Trinajstić information content (AvgIpc) is 2.10. The van der Waals surface area contributed by atoms with Crippen molar-refractivity contribution >= 4 is 0 Å². The summed E-state index contributed by atoms with van der Waals surface area (Å²) in [6, 6.07) is 1.74. The molecule has 0 aromatic heterocycles. The summed E-state index contributed by atoms with van der Waals surface area (Å²) in [6.45, 7) is -0.706. The highest BCUT2D eigenvalue weighted by molar-refractivity contribution is 5.23. The lowest BCUT2D eigenvalue weighted by Crippen LogP contribution is -2.22. The molecule has 6 heteroatoms. The van der Waals surface area contributed by atoms with Crippen LogP contribution >= 0.6 is 0 Å². The van der Waals surface area contributed by atoms with Crippen molar-refractivity contribution < 1.29 is 27.1 Å². The molecule has 1 aromatic rings. The Morgan fingerprint density at radius 3 is 1.94 bits per heavy atom. The van der Waals surface area contributed by atoms with Crippen LogP contribution in [0.5, 0.6) is 0 Å². The molecule has 0 saturated heterocycles. The second kappa shape index (κ2) is 4.78. The van der Waals surface area contributed by atoms with Crippen molar-refractivity contribution in [2.75, 3.05) is 6.61 Å². The fraction of sp³-hybridized carbons (Fsp3) is 0.400. The van der Waals surface area contributed by atoms with Gasteiger partial charge in [-0.2, -0.15) is 13.2 Å². The van der Waals surface area contributed by atoms with Gasteiger partial charge in [0.05, 0.1) is 5.92 Å². The third-order valence-corrected chi connectivity index (χ3v) is 2.10.